The average molecular weight is 291 g/mol. The molecule has 2 aromatic carbocycles. The van der Waals surface area contributed by atoms with E-state index >= 15 is 0 Å². The second kappa shape index (κ2) is 5.69. The number of halogens is 2. The lowest BCUT2D eigenvalue weighted by atomic mass is 9.97. The van der Waals surface area contributed by atoms with Gasteiger partial charge in [0.15, 0.2) is 11.5 Å². The molecule has 5 heteroatoms. The molecule has 0 saturated carbocycles. The molecule has 0 bridgehead atoms. The SMILES string of the molecule is CCNC(c1ccc2c(c1)OCO2)c1ccc(F)cc1F. The zero-order valence-corrected chi connectivity index (χ0v) is 11.5. The first-order valence-electron chi connectivity index (χ1n) is 6.77. The van der Waals surface area contributed by atoms with Crippen LogP contribution in [0.1, 0.15) is 24.1 Å². The first-order chi connectivity index (χ1) is 10.2. The van der Waals surface area contributed by atoms with Crippen LogP contribution in [-0.4, -0.2) is 13.3 Å². The van der Waals surface area contributed by atoms with E-state index in [9.17, 15) is 8.78 Å². The Kier molecular flexibility index (Phi) is 3.75. The summed E-state index contributed by atoms with van der Waals surface area (Å²) < 4.78 is 37.8. The maximum Gasteiger partial charge on any atom is 0.231 e. The number of nitrogens with one attached hydrogen (secondary N) is 1. The number of benzene rings is 2. The van der Waals surface area contributed by atoms with Crippen LogP contribution in [0.15, 0.2) is 36.4 Å². The summed E-state index contributed by atoms with van der Waals surface area (Å²) in [6.45, 7) is 2.77. The largest absolute Gasteiger partial charge is 0.454 e. The Bertz CT molecular complexity index is 661. The van der Waals surface area contributed by atoms with Crippen molar-refractivity contribution >= 4 is 0 Å². The van der Waals surface area contributed by atoms with Gasteiger partial charge in [-0.1, -0.05) is 19.1 Å². The highest BCUT2D eigenvalue weighted by Gasteiger charge is 2.21. The molecule has 21 heavy (non-hydrogen) atoms. The molecule has 0 radical (unpaired) electrons. The third-order valence-corrected chi connectivity index (χ3v) is 3.41. The monoisotopic (exact) mass is 291 g/mol. The summed E-state index contributed by atoms with van der Waals surface area (Å²) in [7, 11) is 0. The predicted octanol–water partition coefficient (Wildman–Crippen LogP) is 3.39. The van der Waals surface area contributed by atoms with Crippen LogP contribution in [0.4, 0.5) is 8.78 Å². The molecule has 1 unspecified atom stereocenters. The van der Waals surface area contributed by atoms with Crippen molar-refractivity contribution in [2.45, 2.75) is 13.0 Å². The number of rotatable bonds is 4. The molecular weight excluding hydrogens is 276 g/mol. The summed E-state index contributed by atoms with van der Waals surface area (Å²) in [5, 5.41) is 3.21. The third kappa shape index (κ3) is 2.69. The lowest BCUT2D eigenvalue weighted by Gasteiger charge is -2.20. The predicted molar refractivity (Wildman–Crippen MR) is 74.4 cm³/mol. The smallest absolute Gasteiger partial charge is 0.231 e. The topological polar surface area (TPSA) is 30.5 Å². The first-order valence-corrected chi connectivity index (χ1v) is 6.77. The van der Waals surface area contributed by atoms with Crippen molar-refractivity contribution in [2.24, 2.45) is 0 Å². The maximum absolute atomic E-state index is 14.0. The molecule has 3 nitrogen and oxygen atoms in total. The van der Waals surface area contributed by atoms with Gasteiger partial charge in [-0.25, -0.2) is 8.78 Å². The van der Waals surface area contributed by atoms with E-state index in [-0.39, 0.29) is 12.8 Å². The molecule has 1 atom stereocenters. The van der Waals surface area contributed by atoms with Gasteiger partial charge in [-0.15, -0.1) is 0 Å². The molecule has 0 amide bonds. The van der Waals surface area contributed by atoms with Crippen LogP contribution in [0.5, 0.6) is 11.5 Å². The van der Waals surface area contributed by atoms with E-state index in [1.165, 1.54) is 12.1 Å². The molecule has 1 aliphatic heterocycles. The molecule has 3 rings (SSSR count). The highest BCUT2D eigenvalue weighted by molar-refractivity contribution is 5.47. The Balaban J connectivity index is 2.01. The average Bonchev–Trinajstić information content (AvgIpc) is 2.93. The summed E-state index contributed by atoms with van der Waals surface area (Å²) in [5.74, 6) is 0.155. The molecule has 110 valence electrons. The molecule has 1 N–H and O–H groups in total. The molecule has 0 spiro atoms. The van der Waals surface area contributed by atoms with Gasteiger partial charge in [0.05, 0.1) is 6.04 Å². The van der Waals surface area contributed by atoms with Crippen molar-refractivity contribution < 1.29 is 18.3 Å². The fourth-order valence-corrected chi connectivity index (χ4v) is 2.44. The van der Waals surface area contributed by atoms with E-state index < -0.39 is 11.6 Å². The van der Waals surface area contributed by atoms with E-state index in [0.717, 1.165) is 11.6 Å². The Labute approximate surface area is 121 Å². The fraction of sp³-hybridized carbons (Fsp3) is 0.250. The van der Waals surface area contributed by atoms with Crippen molar-refractivity contribution in [3.63, 3.8) is 0 Å². The highest BCUT2D eigenvalue weighted by Crippen LogP contribution is 2.36. The Hall–Kier alpha value is -2.14. The summed E-state index contributed by atoms with van der Waals surface area (Å²) in [6.07, 6.45) is 0. The van der Waals surface area contributed by atoms with Gasteiger partial charge >= 0.3 is 0 Å². The van der Waals surface area contributed by atoms with Gasteiger partial charge < -0.3 is 14.8 Å². The minimum atomic E-state index is -0.586. The van der Waals surface area contributed by atoms with Gasteiger partial charge in [-0.2, -0.15) is 0 Å². The van der Waals surface area contributed by atoms with Gasteiger partial charge in [0, 0.05) is 11.6 Å². The van der Waals surface area contributed by atoms with Crippen LogP contribution >= 0.6 is 0 Å². The van der Waals surface area contributed by atoms with Gasteiger partial charge in [-0.3, -0.25) is 0 Å². The number of hydrogen-bond acceptors (Lipinski definition) is 3. The second-order valence-corrected chi connectivity index (χ2v) is 4.77. The maximum atomic E-state index is 14.0. The van der Waals surface area contributed by atoms with Gasteiger partial charge in [-0.05, 0) is 30.3 Å². The lowest BCUT2D eigenvalue weighted by molar-refractivity contribution is 0.174. The van der Waals surface area contributed by atoms with Crippen molar-refractivity contribution in [3.8, 4) is 11.5 Å². The number of hydrogen-bond donors (Lipinski definition) is 1. The standard InChI is InChI=1S/C16H15F2NO2/c1-2-19-16(12-5-4-11(17)8-13(12)18)10-3-6-14-15(7-10)21-9-20-14/h3-8,16,19H,2,9H2,1H3. The van der Waals surface area contributed by atoms with Gasteiger partial charge in [0.1, 0.15) is 11.6 Å². The van der Waals surface area contributed by atoms with Crippen LogP contribution in [0.25, 0.3) is 0 Å². The van der Waals surface area contributed by atoms with Crippen LogP contribution in [0, 0.1) is 11.6 Å². The molecule has 0 aliphatic carbocycles. The lowest BCUT2D eigenvalue weighted by Crippen LogP contribution is -2.23. The van der Waals surface area contributed by atoms with Crippen LogP contribution in [-0.2, 0) is 0 Å². The van der Waals surface area contributed by atoms with Gasteiger partial charge in [0.25, 0.3) is 0 Å². The molecule has 1 aliphatic rings. The minimum absolute atomic E-state index is 0.190. The third-order valence-electron chi connectivity index (χ3n) is 3.41. The quantitative estimate of drug-likeness (QED) is 0.936. The Morgan fingerprint density at radius 3 is 2.67 bits per heavy atom. The highest BCUT2D eigenvalue weighted by atomic mass is 19.1. The minimum Gasteiger partial charge on any atom is -0.454 e. The number of ether oxygens (including phenoxy) is 2. The first kappa shape index (κ1) is 13.8. The van der Waals surface area contributed by atoms with Crippen LogP contribution in [0.2, 0.25) is 0 Å². The molecule has 1 heterocycles. The normalized spacial score (nSPS) is 14.2. The second-order valence-electron chi connectivity index (χ2n) is 4.77. The molecule has 0 aromatic heterocycles. The van der Waals surface area contributed by atoms with Gasteiger partial charge in [0.2, 0.25) is 6.79 Å². The van der Waals surface area contributed by atoms with E-state index in [1.54, 1.807) is 6.07 Å². The zero-order valence-electron chi connectivity index (χ0n) is 11.5. The van der Waals surface area contributed by atoms with E-state index in [4.69, 9.17) is 9.47 Å². The summed E-state index contributed by atoms with van der Waals surface area (Å²) in [4.78, 5) is 0. The molecule has 2 aromatic rings. The summed E-state index contributed by atoms with van der Waals surface area (Å²) in [6, 6.07) is 8.71. The van der Waals surface area contributed by atoms with E-state index in [0.29, 0.717) is 23.6 Å². The van der Waals surface area contributed by atoms with Crippen LogP contribution in [0.3, 0.4) is 0 Å². The summed E-state index contributed by atoms with van der Waals surface area (Å²) in [5.41, 5.74) is 1.24. The van der Waals surface area contributed by atoms with Crippen molar-refractivity contribution in [1.29, 1.82) is 0 Å². The Morgan fingerprint density at radius 1 is 1.10 bits per heavy atom. The van der Waals surface area contributed by atoms with E-state index in [2.05, 4.69) is 5.32 Å². The van der Waals surface area contributed by atoms with E-state index in [1.807, 2.05) is 19.1 Å². The Morgan fingerprint density at radius 2 is 1.90 bits per heavy atom. The van der Waals surface area contributed by atoms with Crippen molar-refractivity contribution in [3.05, 3.63) is 59.2 Å². The van der Waals surface area contributed by atoms with Crippen molar-refractivity contribution in [1.82, 2.24) is 5.32 Å². The summed E-state index contributed by atoms with van der Waals surface area (Å²) >= 11 is 0. The number of fused-ring (bicyclic) bond motifs is 1. The van der Waals surface area contributed by atoms with Crippen LogP contribution < -0.4 is 14.8 Å². The molecule has 0 fully saturated rings. The molecule has 0 saturated heterocycles. The zero-order chi connectivity index (χ0) is 14.8. The fourth-order valence-electron chi connectivity index (χ4n) is 2.44. The van der Waals surface area contributed by atoms with Crippen molar-refractivity contribution in [2.75, 3.05) is 13.3 Å². The molecular formula is C16H15F2NO2.